The van der Waals surface area contributed by atoms with Gasteiger partial charge in [-0.05, 0) is 112 Å². The predicted octanol–water partition coefficient (Wildman–Crippen LogP) is 2.02. The molecular formula is C48H72O17. The number of Topliss-reactive ketones (excluding diaryl/α,β-unsaturated/α-hetero) is 1. The average molecular weight is 921 g/mol. The predicted molar refractivity (Wildman–Crippen MR) is 224 cm³/mol. The van der Waals surface area contributed by atoms with Gasteiger partial charge in [0.2, 0.25) is 0 Å². The lowest BCUT2D eigenvalue weighted by Gasteiger charge is -2.58. The minimum absolute atomic E-state index is 0.0439. The number of esters is 1. The van der Waals surface area contributed by atoms with Gasteiger partial charge in [-0.3, -0.25) is 9.59 Å². The van der Waals surface area contributed by atoms with E-state index in [1.807, 2.05) is 0 Å². The highest BCUT2D eigenvalue weighted by Crippen LogP contribution is 2.70. The van der Waals surface area contributed by atoms with E-state index >= 15 is 0 Å². The molecule has 5 aliphatic heterocycles. The molecule has 5 saturated heterocycles. The lowest BCUT2D eigenvalue weighted by atomic mass is 9.47. The zero-order valence-electron chi connectivity index (χ0n) is 38.4. The molecule has 0 aromatic carbocycles. The van der Waals surface area contributed by atoms with Crippen LogP contribution in [0.3, 0.4) is 0 Å². The standard InChI is InChI=1S/C48H72O17/c1-21-10-15-48(58-19-21)22(2)33-30(65-48)17-29-27-9-8-25-16-26(11-13-46(25,4)28(27)12-14-47(29,33)5)60-45-41(64-43-38(54)36(52)34(50)23(3)59-43)39(55)40(31(18-49)61-45)63-44-37(53)35(51)32(62-44)20-57-42(56)24-6-7-24/h8,21-24,26-38,40-41,43-45,49-54H,6-7,9-20H2,1-5H3/t21-,22+,23+,26+,27?,28?,29?,30?,31-,32+,33?,34+,35+,36-,37-,38-,40-,41-,43+,44+,45-,46+,47+,48-/m1/s1. The summed E-state index contributed by atoms with van der Waals surface area (Å²) in [7, 11) is 0. The molecular weight excluding hydrogens is 849 g/mol. The molecule has 366 valence electrons. The number of hydrogen-bond acceptors (Lipinski definition) is 17. The van der Waals surface area contributed by atoms with Gasteiger partial charge in [-0.1, -0.05) is 39.3 Å². The second-order valence-electron chi connectivity index (χ2n) is 22.1. The van der Waals surface area contributed by atoms with Crippen molar-refractivity contribution in [1.29, 1.82) is 0 Å². The lowest BCUT2D eigenvalue weighted by Crippen LogP contribution is -2.64. The van der Waals surface area contributed by atoms with Crippen molar-refractivity contribution in [3.63, 3.8) is 0 Å². The maximum Gasteiger partial charge on any atom is 0.309 e. The van der Waals surface area contributed by atoms with Crippen LogP contribution in [0.5, 0.6) is 0 Å². The van der Waals surface area contributed by atoms with Gasteiger partial charge in [0.05, 0.1) is 37.4 Å². The summed E-state index contributed by atoms with van der Waals surface area (Å²) in [5.41, 5.74) is 1.46. The van der Waals surface area contributed by atoms with E-state index in [0.717, 1.165) is 64.4 Å². The van der Waals surface area contributed by atoms with Crippen molar-refractivity contribution in [2.75, 3.05) is 19.8 Å². The molecule has 10 rings (SSSR count). The quantitative estimate of drug-likeness (QED) is 0.136. The Balaban J connectivity index is 0.839. The first kappa shape index (κ1) is 47.0. The van der Waals surface area contributed by atoms with Crippen LogP contribution in [0.15, 0.2) is 11.6 Å². The molecule has 5 heterocycles. The van der Waals surface area contributed by atoms with Crippen LogP contribution in [0.25, 0.3) is 0 Å². The third-order valence-corrected chi connectivity index (χ3v) is 18.3. The van der Waals surface area contributed by atoms with Crippen molar-refractivity contribution in [2.45, 2.75) is 203 Å². The number of rotatable bonds is 10. The molecule has 6 N–H and O–H groups in total. The number of aliphatic hydroxyl groups excluding tert-OH is 6. The zero-order chi connectivity index (χ0) is 45.9. The van der Waals surface area contributed by atoms with Gasteiger partial charge in [-0.15, -0.1) is 0 Å². The molecule has 65 heavy (non-hydrogen) atoms. The Morgan fingerprint density at radius 2 is 1.51 bits per heavy atom. The molecule has 24 atom stereocenters. The lowest BCUT2D eigenvalue weighted by molar-refractivity contribution is -0.344. The van der Waals surface area contributed by atoms with E-state index in [1.54, 1.807) is 0 Å². The summed E-state index contributed by atoms with van der Waals surface area (Å²) in [5.74, 6) is 1.13. The molecule has 5 unspecified atom stereocenters. The summed E-state index contributed by atoms with van der Waals surface area (Å²) >= 11 is 0. The summed E-state index contributed by atoms with van der Waals surface area (Å²) < 4.78 is 55.4. The molecule has 17 heteroatoms. The van der Waals surface area contributed by atoms with E-state index in [-0.39, 0.29) is 29.5 Å². The third-order valence-electron chi connectivity index (χ3n) is 18.3. The fourth-order valence-corrected chi connectivity index (χ4v) is 14.3. The summed E-state index contributed by atoms with van der Waals surface area (Å²) in [6.45, 7) is 10.8. The fraction of sp³-hybridized carbons (Fsp3) is 0.917. The van der Waals surface area contributed by atoms with E-state index in [4.69, 9.17) is 42.6 Å². The number of fused-ring (bicyclic) bond motifs is 7. The zero-order valence-corrected chi connectivity index (χ0v) is 38.4. The number of carbonyl (C=O) groups excluding carboxylic acids is 2. The van der Waals surface area contributed by atoms with Gasteiger partial charge in [-0.2, -0.15) is 0 Å². The Morgan fingerprint density at radius 3 is 2.23 bits per heavy atom. The minimum Gasteiger partial charge on any atom is -0.463 e. The van der Waals surface area contributed by atoms with Crippen LogP contribution < -0.4 is 0 Å². The molecule has 0 aromatic rings. The van der Waals surface area contributed by atoms with Gasteiger partial charge in [0, 0.05) is 12.3 Å². The van der Waals surface area contributed by atoms with E-state index in [9.17, 15) is 40.2 Å². The highest BCUT2D eigenvalue weighted by molar-refractivity contribution is 5.89. The number of carbonyl (C=O) groups is 2. The minimum atomic E-state index is -1.76. The van der Waals surface area contributed by atoms with Crippen molar-refractivity contribution in [1.82, 2.24) is 0 Å². The van der Waals surface area contributed by atoms with E-state index in [2.05, 4.69) is 33.8 Å². The Labute approximate surface area is 380 Å². The normalized spacial score (nSPS) is 54.1. The highest BCUT2D eigenvalue weighted by atomic mass is 16.8. The van der Waals surface area contributed by atoms with Crippen LogP contribution in [-0.2, 0) is 52.2 Å². The first-order valence-electron chi connectivity index (χ1n) is 24.6. The molecule has 5 aliphatic carbocycles. The van der Waals surface area contributed by atoms with Gasteiger partial charge in [-0.25, -0.2) is 0 Å². The monoisotopic (exact) mass is 920 g/mol. The molecule has 4 saturated carbocycles. The number of allylic oxidation sites excluding steroid dienone is 1. The third kappa shape index (κ3) is 8.00. The number of hydrogen-bond donors (Lipinski definition) is 6. The largest absolute Gasteiger partial charge is 0.463 e. The van der Waals surface area contributed by atoms with Gasteiger partial charge in [0.1, 0.15) is 49.3 Å². The van der Waals surface area contributed by atoms with Crippen LogP contribution in [0.4, 0.5) is 0 Å². The fourth-order valence-electron chi connectivity index (χ4n) is 14.3. The maximum atomic E-state index is 14.6. The van der Waals surface area contributed by atoms with Crippen LogP contribution in [0.1, 0.15) is 105 Å². The summed E-state index contributed by atoms with van der Waals surface area (Å²) in [6.07, 6.45) is -7.16. The molecule has 9 fully saturated rings. The van der Waals surface area contributed by atoms with Crippen LogP contribution in [-0.4, -0.2) is 160 Å². The topological polar surface area (TPSA) is 239 Å². The Morgan fingerprint density at radius 1 is 0.785 bits per heavy atom. The molecule has 0 bridgehead atoms. The summed E-state index contributed by atoms with van der Waals surface area (Å²) in [6, 6.07) is 0. The summed E-state index contributed by atoms with van der Waals surface area (Å²) in [5, 5.41) is 64.3. The smallest absolute Gasteiger partial charge is 0.309 e. The maximum absolute atomic E-state index is 14.6. The second-order valence-corrected chi connectivity index (χ2v) is 22.1. The van der Waals surface area contributed by atoms with Crippen molar-refractivity contribution in [2.24, 2.45) is 52.3 Å². The van der Waals surface area contributed by atoms with Crippen molar-refractivity contribution < 1.29 is 82.9 Å². The van der Waals surface area contributed by atoms with Crippen LogP contribution in [0.2, 0.25) is 0 Å². The molecule has 1 spiro atoms. The van der Waals surface area contributed by atoms with Gasteiger partial charge >= 0.3 is 5.97 Å². The van der Waals surface area contributed by atoms with E-state index in [0.29, 0.717) is 48.3 Å². The summed E-state index contributed by atoms with van der Waals surface area (Å²) in [4.78, 5) is 26.8. The Kier molecular flexibility index (Phi) is 12.7. The van der Waals surface area contributed by atoms with Crippen molar-refractivity contribution in [3.8, 4) is 0 Å². The SMILES string of the molecule is C[C@@H]1CC[C@@]2(OC1)OC1CC3C4CC=C5C[C@@H](O[C@@H]6O[C@H](CO)[C@@H](O[C@@H]7O[C@@H](COC(=O)C8CC8)[C@H](O)[C@H]7O)C(=O)[C@H]6O[C@@H]6O[C@@H](C)[C@H](O)[C@@H](O)[C@H]6O)CC[C@]5(C)C4CC[C@]3(C)C1[C@@H]2C. The molecule has 0 aromatic heterocycles. The first-order chi connectivity index (χ1) is 31.0. The molecule has 0 radical (unpaired) electrons. The average Bonchev–Trinajstić information content (AvgIpc) is 3.99. The number of ketones is 1. The van der Waals surface area contributed by atoms with Crippen LogP contribution >= 0.6 is 0 Å². The second kappa shape index (κ2) is 17.6. The van der Waals surface area contributed by atoms with Gasteiger partial charge < -0.3 is 73.3 Å². The molecule has 10 aliphatic rings. The van der Waals surface area contributed by atoms with Crippen LogP contribution in [0, 0.1) is 52.3 Å². The van der Waals surface area contributed by atoms with E-state index in [1.165, 1.54) is 12.5 Å². The first-order valence-corrected chi connectivity index (χ1v) is 24.6. The number of aliphatic hydroxyl groups is 6. The van der Waals surface area contributed by atoms with Crippen molar-refractivity contribution in [3.05, 3.63) is 11.6 Å². The highest BCUT2D eigenvalue weighted by Gasteiger charge is 2.69. The Hall–Kier alpha value is -1.68. The van der Waals surface area contributed by atoms with E-state index < -0.39 is 110 Å². The Bertz CT molecular complexity index is 1800. The van der Waals surface area contributed by atoms with Crippen molar-refractivity contribution >= 4 is 11.8 Å². The molecule has 17 nitrogen and oxygen atoms in total. The number of ether oxygens (including phenoxy) is 9. The van der Waals surface area contributed by atoms with Gasteiger partial charge in [0.25, 0.3) is 0 Å². The molecule has 0 amide bonds. The van der Waals surface area contributed by atoms with Gasteiger partial charge in [0.15, 0.2) is 42.6 Å².